The third-order valence-corrected chi connectivity index (χ3v) is 5.92. The molecule has 0 spiro atoms. The van der Waals surface area contributed by atoms with Gasteiger partial charge in [0.25, 0.3) is 0 Å². The second-order valence-corrected chi connectivity index (χ2v) is 8.09. The van der Waals surface area contributed by atoms with Crippen molar-refractivity contribution in [2.24, 2.45) is 0 Å². The van der Waals surface area contributed by atoms with Gasteiger partial charge < -0.3 is 19.7 Å². The fourth-order valence-electron chi connectivity index (χ4n) is 4.07. The highest BCUT2D eigenvalue weighted by molar-refractivity contribution is 5.92. The van der Waals surface area contributed by atoms with Gasteiger partial charge >= 0.3 is 0 Å². The number of hydrogen-bond donors (Lipinski definition) is 1. The number of carbonyl (C=O) groups is 1. The number of piperazine rings is 1. The van der Waals surface area contributed by atoms with Gasteiger partial charge in [-0.2, -0.15) is 0 Å². The molecule has 0 saturated carbocycles. The van der Waals surface area contributed by atoms with Crippen LogP contribution >= 0.6 is 0 Å². The second kappa shape index (κ2) is 10.6. The number of ether oxygens (including phenoxy) is 2. The van der Waals surface area contributed by atoms with E-state index in [2.05, 4.69) is 44.3 Å². The van der Waals surface area contributed by atoms with Crippen molar-refractivity contribution in [2.45, 2.75) is 6.54 Å². The number of rotatable bonds is 7. The minimum atomic E-state index is 0.0406. The molecule has 31 heavy (non-hydrogen) atoms. The van der Waals surface area contributed by atoms with Crippen LogP contribution in [0.25, 0.3) is 0 Å². The average Bonchev–Trinajstić information content (AvgIpc) is 2.82. The summed E-state index contributed by atoms with van der Waals surface area (Å²) in [5.41, 5.74) is 3.31. The van der Waals surface area contributed by atoms with Crippen LogP contribution in [0.4, 0.5) is 11.4 Å². The van der Waals surface area contributed by atoms with Crippen molar-refractivity contribution < 1.29 is 14.3 Å². The molecule has 0 aromatic heterocycles. The van der Waals surface area contributed by atoms with Crippen molar-refractivity contribution in [2.75, 3.05) is 76.4 Å². The van der Waals surface area contributed by atoms with E-state index >= 15 is 0 Å². The molecule has 0 unspecified atom stereocenters. The van der Waals surface area contributed by atoms with Gasteiger partial charge in [0.1, 0.15) is 5.75 Å². The van der Waals surface area contributed by atoms with Crippen LogP contribution in [-0.4, -0.2) is 81.8 Å². The lowest BCUT2D eigenvalue weighted by Gasteiger charge is -2.35. The number of benzene rings is 2. The number of amides is 1. The molecule has 0 aliphatic carbocycles. The largest absolute Gasteiger partial charge is 0.497 e. The lowest BCUT2D eigenvalue weighted by molar-refractivity contribution is -0.117. The molecule has 7 heteroatoms. The molecule has 2 heterocycles. The van der Waals surface area contributed by atoms with Gasteiger partial charge in [-0.05, 0) is 42.0 Å². The highest BCUT2D eigenvalue weighted by Crippen LogP contribution is 2.20. The molecule has 0 atom stereocenters. The lowest BCUT2D eigenvalue weighted by atomic mass is 10.2. The topological polar surface area (TPSA) is 57.3 Å². The summed E-state index contributed by atoms with van der Waals surface area (Å²) < 4.78 is 10.6. The molecule has 2 aliphatic rings. The van der Waals surface area contributed by atoms with Crippen LogP contribution in [0, 0.1) is 0 Å². The van der Waals surface area contributed by atoms with Crippen LogP contribution in [0.3, 0.4) is 0 Å². The van der Waals surface area contributed by atoms with E-state index in [0.29, 0.717) is 6.54 Å². The van der Waals surface area contributed by atoms with Gasteiger partial charge in [-0.3, -0.25) is 14.6 Å². The summed E-state index contributed by atoms with van der Waals surface area (Å²) in [5.74, 6) is 0.909. The van der Waals surface area contributed by atoms with E-state index in [1.54, 1.807) is 7.11 Å². The molecule has 1 N–H and O–H groups in total. The van der Waals surface area contributed by atoms with Gasteiger partial charge in [-0.25, -0.2) is 0 Å². The zero-order valence-corrected chi connectivity index (χ0v) is 18.3. The number of anilines is 2. The number of nitrogens with zero attached hydrogens (tertiary/aromatic N) is 3. The van der Waals surface area contributed by atoms with Gasteiger partial charge in [-0.1, -0.05) is 12.1 Å². The van der Waals surface area contributed by atoms with Crippen LogP contribution in [0.5, 0.6) is 5.75 Å². The van der Waals surface area contributed by atoms with Gasteiger partial charge in [0.15, 0.2) is 0 Å². The van der Waals surface area contributed by atoms with E-state index in [9.17, 15) is 4.79 Å². The number of methoxy groups -OCH3 is 1. The molecule has 2 aliphatic heterocycles. The Bertz CT molecular complexity index is 827. The highest BCUT2D eigenvalue weighted by Gasteiger charge is 2.19. The normalized spacial score (nSPS) is 18.0. The number of hydrogen-bond acceptors (Lipinski definition) is 6. The van der Waals surface area contributed by atoms with E-state index in [0.717, 1.165) is 70.5 Å². The Morgan fingerprint density at radius 3 is 2.23 bits per heavy atom. The first-order valence-electron chi connectivity index (χ1n) is 11.0. The summed E-state index contributed by atoms with van der Waals surface area (Å²) in [4.78, 5) is 19.5. The molecule has 4 rings (SSSR count). The molecule has 2 aromatic carbocycles. The predicted octanol–water partition coefficient (Wildman–Crippen LogP) is 2.29. The van der Waals surface area contributed by atoms with Gasteiger partial charge in [-0.15, -0.1) is 0 Å². The van der Waals surface area contributed by atoms with Crippen LogP contribution in [-0.2, 0) is 16.1 Å². The standard InChI is InChI=1S/C24H32N4O3/c1-30-23-8-6-22(7-9-23)28-12-10-26(11-13-28)19-24(29)25-21-4-2-20(3-5-21)18-27-14-16-31-17-15-27/h2-9H,10-19H2,1H3,(H,25,29). The summed E-state index contributed by atoms with van der Waals surface area (Å²) in [6.07, 6.45) is 0. The maximum atomic E-state index is 12.5. The summed E-state index contributed by atoms with van der Waals surface area (Å²) >= 11 is 0. The first-order chi connectivity index (χ1) is 15.2. The summed E-state index contributed by atoms with van der Waals surface area (Å²) in [7, 11) is 1.68. The monoisotopic (exact) mass is 424 g/mol. The first kappa shape index (κ1) is 21.6. The van der Waals surface area contributed by atoms with Crippen LogP contribution in [0.1, 0.15) is 5.56 Å². The Balaban J connectivity index is 1.20. The van der Waals surface area contributed by atoms with Gasteiger partial charge in [0.2, 0.25) is 5.91 Å². The Labute approximate surface area is 184 Å². The van der Waals surface area contributed by atoms with Crippen molar-refractivity contribution in [1.82, 2.24) is 9.80 Å². The lowest BCUT2D eigenvalue weighted by Crippen LogP contribution is -2.48. The molecular weight excluding hydrogens is 392 g/mol. The van der Waals surface area contributed by atoms with Crippen LogP contribution in [0.2, 0.25) is 0 Å². The Kier molecular flexibility index (Phi) is 7.40. The summed E-state index contributed by atoms with van der Waals surface area (Å²) in [6.45, 7) is 8.49. The summed E-state index contributed by atoms with van der Waals surface area (Å²) in [6, 6.07) is 16.3. The van der Waals surface area contributed by atoms with Crippen molar-refractivity contribution in [3.8, 4) is 5.75 Å². The minimum Gasteiger partial charge on any atom is -0.497 e. The van der Waals surface area contributed by atoms with Crippen molar-refractivity contribution in [3.05, 3.63) is 54.1 Å². The smallest absolute Gasteiger partial charge is 0.238 e. The molecule has 0 bridgehead atoms. The number of carbonyl (C=O) groups excluding carboxylic acids is 1. The third-order valence-electron chi connectivity index (χ3n) is 5.92. The molecule has 166 valence electrons. The van der Waals surface area contributed by atoms with E-state index in [1.807, 2.05) is 24.3 Å². The maximum absolute atomic E-state index is 12.5. The third kappa shape index (κ3) is 6.19. The fraction of sp³-hybridized carbons (Fsp3) is 0.458. The average molecular weight is 425 g/mol. The highest BCUT2D eigenvalue weighted by atomic mass is 16.5. The van der Waals surface area contributed by atoms with Crippen molar-refractivity contribution in [3.63, 3.8) is 0 Å². The molecule has 7 nitrogen and oxygen atoms in total. The zero-order chi connectivity index (χ0) is 21.5. The summed E-state index contributed by atoms with van der Waals surface area (Å²) in [5, 5.41) is 3.03. The molecule has 2 fully saturated rings. The molecular formula is C24H32N4O3. The molecule has 0 radical (unpaired) electrons. The van der Waals surface area contributed by atoms with E-state index in [4.69, 9.17) is 9.47 Å². The number of morpholine rings is 1. The number of nitrogens with one attached hydrogen (secondary N) is 1. The molecule has 2 saturated heterocycles. The Morgan fingerprint density at radius 2 is 1.58 bits per heavy atom. The molecule has 2 aromatic rings. The van der Waals surface area contributed by atoms with E-state index in [-0.39, 0.29) is 5.91 Å². The Morgan fingerprint density at radius 1 is 0.903 bits per heavy atom. The first-order valence-corrected chi connectivity index (χ1v) is 11.0. The predicted molar refractivity (Wildman–Crippen MR) is 123 cm³/mol. The van der Waals surface area contributed by atoms with E-state index in [1.165, 1.54) is 11.3 Å². The van der Waals surface area contributed by atoms with Gasteiger partial charge in [0.05, 0.1) is 26.9 Å². The van der Waals surface area contributed by atoms with Crippen molar-refractivity contribution in [1.29, 1.82) is 0 Å². The van der Waals surface area contributed by atoms with E-state index < -0.39 is 0 Å². The van der Waals surface area contributed by atoms with Gasteiger partial charge in [0, 0.05) is 57.2 Å². The van der Waals surface area contributed by atoms with Crippen molar-refractivity contribution >= 4 is 17.3 Å². The fourth-order valence-corrected chi connectivity index (χ4v) is 4.07. The Hall–Kier alpha value is -2.61. The SMILES string of the molecule is COc1ccc(N2CCN(CC(=O)Nc3ccc(CN4CCOCC4)cc3)CC2)cc1. The van der Waals surface area contributed by atoms with Crippen LogP contribution in [0.15, 0.2) is 48.5 Å². The zero-order valence-electron chi connectivity index (χ0n) is 18.3. The van der Waals surface area contributed by atoms with Crippen LogP contribution < -0.4 is 15.0 Å². The minimum absolute atomic E-state index is 0.0406. The second-order valence-electron chi connectivity index (χ2n) is 8.09. The maximum Gasteiger partial charge on any atom is 0.238 e. The quantitative estimate of drug-likeness (QED) is 0.736. The molecule has 1 amide bonds.